The Morgan fingerprint density at radius 1 is 1.13 bits per heavy atom. The minimum atomic E-state index is -0.831. The van der Waals surface area contributed by atoms with Gasteiger partial charge in [0, 0.05) is 0 Å². The summed E-state index contributed by atoms with van der Waals surface area (Å²) >= 11 is 0. The highest BCUT2D eigenvalue weighted by atomic mass is 19.1. The largest absolute Gasteiger partial charge is 0.493 e. The van der Waals surface area contributed by atoms with Crippen LogP contribution < -0.4 is 14.2 Å². The quantitative estimate of drug-likeness (QED) is 0.612. The van der Waals surface area contributed by atoms with Gasteiger partial charge in [-0.25, -0.2) is 9.18 Å². The fourth-order valence-corrected chi connectivity index (χ4v) is 2.91. The Morgan fingerprint density at radius 2 is 1.87 bits per heavy atom. The highest BCUT2D eigenvalue weighted by molar-refractivity contribution is 5.71. The van der Waals surface area contributed by atoms with Gasteiger partial charge in [-0.3, -0.25) is 0 Å². The van der Waals surface area contributed by atoms with E-state index in [1.54, 1.807) is 57.2 Å². The number of halogens is 1. The topological polar surface area (TPSA) is 74.2 Å². The molecule has 7 heteroatoms. The number of benzene rings is 2. The third-order valence-electron chi connectivity index (χ3n) is 4.27. The van der Waals surface area contributed by atoms with E-state index < -0.39 is 23.5 Å². The second kappa shape index (κ2) is 10.3. The summed E-state index contributed by atoms with van der Waals surface area (Å²) in [6.07, 6.45) is -0.235. The Morgan fingerprint density at radius 3 is 2.50 bits per heavy atom. The number of rotatable bonds is 9. The van der Waals surface area contributed by atoms with Crippen molar-refractivity contribution in [3.8, 4) is 17.2 Å². The average molecular weight is 420 g/mol. The molecule has 0 aromatic heterocycles. The minimum Gasteiger partial charge on any atom is -0.493 e. The predicted octanol–water partition coefficient (Wildman–Crippen LogP) is 4.23. The van der Waals surface area contributed by atoms with Crippen molar-refractivity contribution in [1.82, 2.24) is 0 Å². The Labute approximate surface area is 176 Å². The summed E-state index contributed by atoms with van der Waals surface area (Å²) < 4.78 is 35.4. The van der Waals surface area contributed by atoms with Crippen molar-refractivity contribution in [2.75, 3.05) is 20.8 Å². The van der Waals surface area contributed by atoms with Gasteiger partial charge in [0.15, 0.2) is 23.9 Å². The summed E-state index contributed by atoms with van der Waals surface area (Å²) in [5.74, 6) is -0.179. The van der Waals surface area contributed by atoms with Gasteiger partial charge in [-0.2, -0.15) is 0 Å². The van der Waals surface area contributed by atoms with Crippen molar-refractivity contribution in [2.45, 2.75) is 45.3 Å². The fraction of sp³-hybridized carbons (Fsp3) is 0.435. The van der Waals surface area contributed by atoms with Crippen LogP contribution in [0.2, 0.25) is 0 Å². The minimum absolute atomic E-state index is 0.0435. The third kappa shape index (κ3) is 6.62. The lowest BCUT2D eigenvalue weighted by Gasteiger charge is -2.19. The molecule has 0 unspecified atom stereocenters. The zero-order valence-electron chi connectivity index (χ0n) is 18.0. The number of aryl methyl sites for hydroxylation is 1. The van der Waals surface area contributed by atoms with E-state index in [1.807, 2.05) is 0 Å². The number of carbonyl (C=O) groups is 1. The number of aliphatic hydroxyl groups excluding tert-OH is 1. The molecule has 6 nitrogen and oxygen atoms in total. The van der Waals surface area contributed by atoms with Gasteiger partial charge in [0.2, 0.25) is 0 Å². The first kappa shape index (κ1) is 23.5. The highest BCUT2D eigenvalue weighted by Gasteiger charge is 2.18. The van der Waals surface area contributed by atoms with Gasteiger partial charge in [0.1, 0.15) is 11.4 Å². The molecule has 0 heterocycles. The van der Waals surface area contributed by atoms with Gasteiger partial charge in [-0.05, 0) is 62.9 Å². The lowest BCUT2D eigenvalue weighted by molar-refractivity contribution is -0.157. The lowest BCUT2D eigenvalue weighted by atomic mass is 10.0. The van der Waals surface area contributed by atoms with E-state index in [0.717, 1.165) is 0 Å². The molecule has 1 atom stereocenters. The zero-order valence-corrected chi connectivity index (χ0v) is 18.0. The summed E-state index contributed by atoms with van der Waals surface area (Å²) in [4.78, 5) is 11.8. The zero-order chi connectivity index (χ0) is 22.3. The van der Waals surface area contributed by atoms with Crippen molar-refractivity contribution in [2.24, 2.45) is 0 Å². The Balaban J connectivity index is 1.99. The van der Waals surface area contributed by atoms with Gasteiger partial charge in [-0.15, -0.1) is 0 Å². The molecular weight excluding hydrogens is 391 g/mol. The molecule has 0 aliphatic heterocycles. The van der Waals surface area contributed by atoms with Gasteiger partial charge < -0.3 is 24.1 Å². The molecule has 1 N–H and O–H groups in total. The molecular formula is C23H29FO6. The van der Waals surface area contributed by atoms with E-state index in [2.05, 4.69) is 0 Å². The Kier molecular flexibility index (Phi) is 8.06. The summed E-state index contributed by atoms with van der Waals surface area (Å²) in [7, 11) is 2.82. The fourth-order valence-electron chi connectivity index (χ4n) is 2.91. The van der Waals surface area contributed by atoms with Gasteiger partial charge >= 0.3 is 5.97 Å². The van der Waals surface area contributed by atoms with Crippen molar-refractivity contribution >= 4 is 5.97 Å². The molecule has 0 bridgehead atoms. The van der Waals surface area contributed by atoms with Crippen molar-refractivity contribution in [3.63, 3.8) is 0 Å². The molecule has 0 saturated carbocycles. The van der Waals surface area contributed by atoms with Crippen LogP contribution in [0.3, 0.4) is 0 Å². The molecule has 30 heavy (non-hydrogen) atoms. The predicted molar refractivity (Wildman–Crippen MR) is 111 cm³/mol. The number of esters is 1. The highest BCUT2D eigenvalue weighted by Crippen LogP contribution is 2.33. The maximum Gasteiger partial charge on any atom is 0.344 e. The molecule has 2 rings (SSSR count). The van der Waals surface area contributed by atoms with E-state index >= 15 is 0 Å². The number of aliphatic hydroxyl groups is 1. The molecule has 0 radical (unpaired) electrons. The monoisotopic (exact) mass is 420 g/mol. The second-order valence-corrected chi connectivity index (χ2v) is 7.78. The molecule has 2 aromatic rings. The van der Waals surface area contributed by atoms with Gasteiger partial charge in [0.25, 0.3) is 0 Å². The molecule has 164 valence electrons. The van der Waals surface area contributed by atoms with Crippen LogP contribution in [0.4, 0.5) is 4.39 Å². The summed E-state index contributed by atoms with van der Waals surface area (Å²) in [6, 6.07) is 10.1. The summed E-state index contributed by atoms with van der Waals surface area (Å²) in [5, 5.41) is 10.5. The summed E-state index contributed by atoms with van der Waals surface area (Å²) in [6.45, 7) is 5.11. The summed E-state index contributed by atoms with van der Waals surface area (Å²) in [5.41, 5.74) is 0.444. The first-order valence-electron chi connectivity index (χ1n) is 9.66. The SMILES string of the molecule is COc1ccc(CC[C@@H](O)c2cccc(OCC(=O)OC(C)(C)C)c2)c(F)c1OC. The van der Waals surface area contributed by atoms with E-state index in [9.17, 15) is 14.3 Å². The maximum atomic E-state index is 14.6. The smallest absolute Gasteiger partial charge is 0.344 e. The third-order valence-corrected chi connectivity index (χ3v) is 4.27. The molecule has 0 amide bonds. The van der Waals surface area contributed by atoms with Crippen molar-refractivity contribution < 1.29 is 33.2 Å². The number of carbonyl (C=O) groups excluding carboxylic acids is 1. The van der Waals surface area contributed by atoms with E-state index in [4.69, 9.17) is 18.9 Å². The Bertz CT molecular complexity index is 859. The second-order valence-electron chi connectivity index (χ2n) is 7.78. The van der Waals surface area contributed by atoms with Crippen LogP contribution in [0.15, 0.2) is 36.4 Å². The molecule has 2 aromatic carbocycles. The van der Waals surface area contributed by atoms with Crippen LogP contribution in [0.1, 0.15) is 44.4 Å². The number of methoxy groups -OCH3 is 2. The van der Waals surface area contributed by atoms with E-state index in [-0.39, 0.29) is 12.4 Å². The normalized spacial score (nSPS) is 12.2. The van der Waals surface area contributed by atoms with E-state index in [1.165, 1.54) is 14.2 Å². The van der Waals surface area contributed by atoms with Crippen LogP contribution in [-0.4, -0.2) is 37.5 Å². The number of hydrogen-bond donors (Lipinski definition) is 1. The molecule has 0 aliphatic carbocycles. The van der Waals surface area contributed by atoms with Crippen LogP contribution in [0, 0.1) is 5.82 Å². The maximum absolute atomic E-state index is 14.6. The van der Waals surface area contributed by atoms with Crippen LogP contribution in [0.5, 0.6) is 17.2 Å². The first-order valence-corrected chi connectivity index (χ1v) is 9.66. The van der Waals surface area contributed by atoms with E-state index in [0.29, 0.717) is 35.5 Å². The average Bonchev–Trinajstić information content (AvgIpc) is 2.69. The van der Waals surface area contributed by atoms with Crippen molar-refractivity contribution in [1.29, 1.82) is 0 Å². The molecule has 0 aliphatic rings. The van der Waals surface area contributed by atoms with Crippen molar-refractivity contribution in [3.05, 3.63) is 53.3 Å². The first-order chi connectivity index (χ1) is 14.1. The van der Waals surface area contributed by atoms with Crippen LogP contribution >= 0.6 is 0 Å². The van der Waals surface area contributed by atoms with Crippen LogP contribution in [0.25, 0.3) is 0 Å². The standard InChI is InChI=1S/C23H29FO6/c1-23(2,3)30-20(26)14-29-17-8-6-7-16(13-17)18(25)11-9-15-10-12-19(27-4)22(28-5)21(15)24/h6-8,10,12-13,18,25H,9,11,14H2,1-5H3/t18-/m1/s1. The van der Waals surface area contributed by atoms with Gasteiger partial charge in [-0.1, -0.05) is 18.2 Å². The Hall–Kier alpha value is -2.80. The number of ether oxygens (including phenoxy) is 4. The lowest BCUT2D eigenvalue weighted by Crippen LogP contribution is -2.27. The molecule has 0 fully saturated rings. The van der Waals surface area contributed by atoms with Gasteiger partial charge in [0.05, 0.1) is 20.3 Å². The molecule has 0 spiro atoms. The van der Waals surface area contributed by atoms with Crippen LogP contribution in [-0.2, 0) is 16.0 Å². The molecule has 0 saturated heterocycles. The number of hydrogen-bond acceptors (Lipinski definition) is 6.